The zero-order valence-corrected chi connectivity index (χ0v) is 6.13. The van der Waals surface area contributed by atoms with E-state index in [-0.39, 0.29) is 0 Å². The van der Waals surface area contributed by atoms with Crippen LogP contribution in [0, 0.1) is 0 Å². The first-order valence-electron chi connectivity index (χ1n) is 3.07. The summed E-state index contributed by atoms with van der Waals surface area (Å²) in [6.07, 6.45) is 1.50. The summed E-state index contributed by atoms with van der Waals surface area (Å²) in [4.78, 5) is 10.8. The Balaban J connectivity index is 2.57. The standard InChI is InChI=1S/C7H8N2O2/c1-5(2)7(10)11-6-3-4-8-9-6/h3-4H,1H2,2H3,(H,8,9). The van der Waals surface area contributed by atoms with Crippen LogP contribution in [-0.4, -0.2) is 16.2 Å². The monoisotopic (exact) mass is 152 g/mol. The minimum Gasteiger partial charge on any atom is -0.405 e. The maximum atomic E-state index is 10.8. The second-order valence-electron chi connectivity index (χ2n) is 2.09. The van der Waals surface area contributed by atoms with Gasteiger partial charge in [0.1, 0.15) is 0 Å². The maximum absolute atomic E-state index is 10.8. The Morgan fingerprint density at radius 2 is 2.55 bits per heavy atom. The van der Waals surface area contributed by atoms with Crippen molar-refractivity contribution in [2.45, 2.75) is 6.92 Å². The van der Waals surface area contributed by atoms with Gasteiger partial charge in [-0.1, -0.05) is 6.58 Å². The highest BCUT2D eigenvalue weighted by atomic mass is 16.5. The lowest BCUT2D eigenvalue weighted by molar-refractivity contribution is -0.130. The number of H-pyrrole nitrogens is 1. The molecule has 4 heteroatoms. The van der Waals surface area contributed by atoms with Crippen molar-refractivity contribution in [3.8, 4) is 5.88 Å². The molecule has 1 aromatic rings. The normalized spacial score (nSPS) is 9.18. The number of rotatable bonds is 2. The third-order valence-electron chi connectivity index (χ3n) is 1.03. The summed E-state index contributed by atoms with van der Waals surface area (Å²) in [5.74, 6) is -0.118. The van der Waals surface area contributed by atoms with E-state index in [2.05, 4.69) is 16.8 Å². The molecule has 4 nitrogen and oxygen atoms in total. The number of ether oxygens (including phenoxy) is 1. The fourth-order valence-corrected chi connectivity index (χ4v) is 0.487. The molecular formula is C7H8N2O2. The number of esters is 1. The summed E-state index contributed by atoms with van der Waals surface area (Å²) in [6, 6.07) is 1.56. The second-order valence-corrected chi connectivity index (χ2v) is 2.09. The molecule has 0 aliphatic rings. The maximum Gasteiger partial charge on any atom is 0.339 e. The Morgan fingerprint density at radius 1 is 1.82 bits per heavy atom. The zero-order chi connectivity index (χ0) is 8.27. The van der Waals surface area contributed by atoms with E-state index in [1.807, 2.05) is 0 Å². The molecule has 0 saturated heterocycles. The van der Waals surface area contributed by atoms with Crippen LogP contribution >= 0.6 is 0 Å². The molecule has 1 aromatic heterocycles. The Hall–Kier alpha value is -1.58. The van der Waals surface area contributed by atoms with Gasteiger partial charge >= 0.3 is 5.97 Å². The van der Waals surface area contributed by atoms with Crippen LogP contribution in [0.1, 0.15) is 6.92 Å². The molecule has 0 radical (unpaired) electrons. The number of carbonyl (C=O) groups excluding carboxylic acids is 1. The first-order valence-corrected chi connectivity index (χ1v) is 3.07. The van der Waals surface area contributed by atoms with Crippen LogP contribution in [-0.2, 0) is 4.79 Å². The summed E-state index contributed by atoms with van der Waals surface area (Å²) >= 11 is 0. The smallest absolute Gasteiger partial charge is 0.339 e. The molecular weight excluding hydrogens is 144 g/mol. The van der Waals surface area contributed by atoms with Crippen LogP contribution in [0.15, 0.2) is 24.4 Å². The van der Waals surface area contributed by atoms with Gasteiger partial charge < -0.3 is 4.74 Å². The van der Waals surface area contributed by atoms with Crippen LogP contribution in [0.3, 0.4) is 0 Å². The molecule has 1 heterocycles. The summed E-state index contributed by atoms with van der Waals surface area (Å²) in [5.41, 5.74) is 0.361. The third kappa shape index (κ3) is 1.93. The van der Waals surface area contributed by atoms with Crippen molar-refractivity contribution in [3.63, 3.8) is 0 Å². The van der Waals surface area contributed by atoms with Crippen LogP contribution in [0.4, 0.5) is 0 Å². The van der Waals surface area contributed by atoms with Gasteiger partial charge in [0.15, 0.2) is 0 Å². The largest absolute Gasteiger partial charge is 0.405 e. The van der Waals surface area contributed by atoms with Crippen LogP contribution in [0.2, 0.25) is 0 Å². The molecule has 1 rings (SSSR count). The molecule has 0 aromatic carbocycles. The number of hydrogen-bond donors (Lipinski definition) is 1. The Labute approximate surface area is 63.9 Å². The average molecular weight is 152 g/mol. The van der Waals surface area contributed by atoms with Crippen molar-refractivity contribution < 1.29 is 9.53 Å². The van der Waals surface area contributed by atoms with Gasteiger partial charge in [-0.3, -0.25) is 0 Å². The average Bonchev–Trinajstić information content (AvgIpc) is 2.39. The van der Waals surface area contributed by atoms with Crippen molar-refractivity contribution in [2.75, 3.05) is 0 Å². The highest BCUT2D eigenvalue weighted by Crippen LogP contribution is 2.04. The highest BCUT2D eigenvalue weighted by Gasteiger charge is 2.04. The number of nitrogens with one attached hydrogen (secondary N) is 1. The van der Waals surface area contributed by atoms with Crippen molar-refractivity contribution in [1.29, 1.82) is 0 Å². The third-order valence-corrected chi connectivity index (χ3v) is 1.03. The van der Waals surface area contributed by atoms with Crippen molar-refractivity contribution in [3.05, 3.63) is 24.4 Å². The van der Waals surface area contributed by atoms with Gasteiger partial charge in [-0.15, -0.1) is 0 Å². The zero-order valence-electron chi connectivity index (χ0n) is 6.13. The van der Waals surface area contributed by atoms with Gasteiger partial charge in [0.25, 0.3) is 0 Å². The van der Waals surface area contributed by atoms with Gasteiger partial charge in [-0.2, -0.15) is 5.10 Å². The first kappa shape index (κ1) is 7.53. The lowest BCUT2D eigenvalue weighted by Gasteiger charge is -1.97. The topological polar surface area (TPSA) is 55.0 Å². The minimum absolute atomic E-state index is 0.331. The van der Waals surface area contributed by atoms with E-state index in [1.54, 1.807) is 13.0 Å². The van der Waals surface area contributed by atoms with Gasteiger partial charge in [-0.25, -0.2) is 9.89 Å². The Morgan fingerprint density at radius 3 is 3.00 bits per heavy atom. The van der Waals surface area contributed by atoms with Crippen molar-refractivity contribution in [1.82, 2.24) is 10.2 Å². The molecule has 0 unspecified atom stereocenters. The SMILES string of the molecule is C=C(C)C(=O)Oc1ccn[nH]1. The molecule has 0 spiro atoms. The van der Waals surface area contributed by atoms with E-state index in [0.29, 0.717) is 11.5 Å². The van der Waals surface area contributed by atoms with Crippen LogP contribution in [0.5, 0.6) is 5.88 Å². The van der Waals surface area contributed by atoms with Crippen LogP contribution < -0.4 is 4.74 Å². The molecule has 0 atom stereocenters. The molecule has 0 fully saturated rings. The lowest BCUT2D eigenvalue weighted by atomic mass is 10.4. The molecule has 58 valence electrons. The molecule has 0 bridgehead atoms. The molecule has 0 amide bonds. The van der Waals surface area contributed by atoms with Gasteiger partial charge in [-0.05, 0) is 6.92 Å². The molecule has 0 aliphatic heterocycles. The molecule has 1 N–H and O–H groups in total. The summed E-state index contributed by atoms with van der Waals surface area (Å²) < 4.78 is 4.76. The minimum atomic E-state index is -0.450. The summed E-state index contributed by atoms with van der Waals surface area (Å²) in [6.45, 7) is 5.01. The second kappa shape index (κ2) is 3.01. The van der Waals surface area contributed by atoms with Crippen molar-refractivity contribution >= 4 is 5.97 Å². The quantitative estimate of drug-likeness (QED) is 0.505. The first-order chi connectivity index (χ1) is 5.20. The van der Waals surface area contributed by atoms with Gasteiger partial charge in [0.05, 0.1) is 6.20 Å². The van der Waals surface area contributed by atoms with Gasteiger partial charge in [0, 0.05) is 11.6 Å². The van der Waals surface area contributed by atoms with E-state index < -0.39 is 5.97 Å². The van der Waals surface area contributed by atoms with E-state index in [0.717, 1.165) is 0 Å². The fourth-order valence-electron chi connectivity index (χ4n) is 0.487. The highest BCUT2D eigenvalue weighted by molar-refractivity contribution is 5.88. The predicted octanol–water partition coefficient (Wildman–Crippen LogP) is 0.891. The summed E-state index contributed by atoms with van der Waals surface area (Å²) in [5, 5.41) is 6.09. The van der Waals surface area contributed by atoms with Gasteiger partial charge in [0.2, 0.25) is 5.88 Å². The molecule has 0 saturated carbocycles. The lowest BCUT2D eigenvalue weighted by Crippen LogP contribution is -2.08. The number of nitrogens with zero attached hydrogens (tertiary/aromatic N) is 1. The van der Waals surface area contributed by atoms with E-state index in [9.17, 15) is 4.79 Å². The Kier molecular flexibility index (Phi) is 2.06. The number of hydrogen-bond acceptors (Lipinski definition) is 3. The van der Waals surface area contributed by atoms with E-state index >= 15 is 0 Å². The summed E-state index contributed by atoms with van der Waals surface area (Å²) in [7, 11) is 0. The number of carbonyl (C=O) groups is 1. The number of aromatic nitrogens is 2. The van der Waals surface area contributed by atoms with Crippen molar-refractivity contribution in [2.24, 2.45) is 0 Å². The van der Waals surface area contributed by atoms with E-state index in [4.69, 9.17) is 4.74 Å². The molecule has 11 heavy (non-hydrogen) atoms. The number of aromatic amines is 1. The predicted molar refractivity (Wildman–Crippen MR) is 39.0 cm³/mol. The Bertz CT molecular complexity index is 264. The van der Waals surface area contributed by atoms with E-state index in [1.165, 1.54) is 6.20 Å². The van der Waals surface area contributed by atoms with Crippen LogP contribution in [0.25, 0.3) is 0 Å². The fraction of sp³-hybridized carbons (Fsp3) is 0.143. The molecule has 0 aliphatic carbocycles.